The van der Waals surface area contributed by atoms with Gasteiger partial charge in [0.25, 0.3) is 0 Å². The molecule has 0 unspecified atom stereocenters. The van der Waals surface area contributed by atoms with Crippen LogP contribution in [0.25, 0.3) is 0 Å². The molecule has 0 N–H and O–H groups in total. The second-order valence-corrected chi connectivity index (χ2v) is 11.0. The number of ketones is 1. The van der Waals surface area contributed by atoms with Crippen molar-refractivity contribution in [3.8, 4) is 0 Å². The molecule has 4 fully saturated rings. The van der Waals surface area contributed by atoms with Gasteiger partial charge >= 0.3 is 11.9 Å². The molecule has 0 aromatic rings. The number of methoxy groups -OCH3 is 1. The van der Waals surface area contributed by atoms with Crippen molar-refractivity contribution < 1.29 is 23.9 Å². The molecule has 0 aromatic carbocycles. The van der Waals surface area contributed by atoms with E-state index in [-0.39, 0.29) is 28.7 Å². The Balaban J connectivity index is 1.76. The van der Waals surface area contributed by atoms with Gasteiger partial charge in [-0.3, -0.25) is 14.4 Å². The smallest absolute Gasteiger partial charge is 0.306 e. The van der Waals surface area contributed by atoms with E-state index in [4.69, 9.17) is 9.47 Å². The molecule has 0 radical (unpaired) electrons. The number of Topliss-reactive ketones (excluding diaryl/α,β-unsaturated/α-hetero) is 1. The van der Waals surface area contributed by atoms with Crippen molar-refractivity contribution in [3.63, 3.8) is 0 Å². The zero-order chi connectivity index (χ0) is 21.7. The van der Waals surface area contributed by atoms with Gasteiger partial charge in [0.2, 0.25) is 0 Å². The first-order chi connectivity index (χ1) is 14.2. The molecule has 7 atom stereocenters. The van der Waals surface area contributed by atoms with Crippen molar-refractivity contribution in [2.24, 2.45) is 34.5 Å². The fourth-order valence-corrected chi connectivity index (χ4v) is 8.17. The van der Waals surface area contributed by atoms with E-state index in [2.05, 4.69) is 20.8 Å². The summed E-state index contributed by atoms with van der Waals surface area (Å²) in [6, 6.07) is 0. The molecule has 3 saturated carbocycles. The van der Waals surface area contributed by atoms with Crippen LogP contribution in [0.4, 0.5) is 0 Å². The summed E-state index contributed by atoms with van der Waals surface area (Å²) in [6.45, 7) is 6.56. The van der Waals surface area contributed by atoms with E-state index in [0.29, 0.717) is 42.8 Å². The van der Waals surface area contributed by atoms with Crippen LogP contribution in [0.3, 0.4) is 0 Å². The third kappa shape index (κ3) is 3.14. The Hall–Kier alpha value is -1.39. The third-order valence-electron chi connectivity index (χ3n) is 9.65. The number of unbranched alkanes of at least 4 members (excludes halogenated alkanes) is 2. The molecule has 3 aliphatic carbocycles. The van der Waals surface area contributed by atoms with Crippen LogP contribution in [0.2, 0.25) is 0 Å². The summed E-state index contributed by atoms with van der Waals surface area (Å²) < 4.78 is 11.3. The Kier molecular flexibility index (Phi) is 5.55. The summed E-state index contributed by atoms with van der Waals surface area (Å²) in [4.78, 5) is 38.0. The van der Waals surface area contributed by atoms with Crippen molar-refractivity contribution in [3.05, 3.63) is 0 Å². The first kappa shape index (κ1) is 21.8. The van der Waals surface area contributed by atoms with Crippen LogP contribution < -0.4 is 0 Å². The lowest BCUT2D eigenvalue weighted by Crippen LogP contribution is -2.60. The Bertz CT molecular complexity index is 731. The Morgan fingerprint density at radius 2 is 1.93 bits per heavy atom. The molecule has 30 heavy (non-hydrogen) atoms. The van der Waals surface area contributed by atoms with Crippen molar-refractivity contribution in [1.82, 2.24) is 0 Å². The first-order valence-electron chi connectivity index (χ1n) is 12.0. The average molecular weight is 419 g/mol. The highest BCUT2D eigenvalue weighted by Gasteiger charge is 2.68. The molecule has 168 valence electrons. The molecule has 5 nitrogen and oxygen atoms in total. The highest BCUT2D eigenvalue weighted by atomic mass is 16.6. The normalized spacial score (nSPS) is 44.8. The van der Waals surface area contributed by atoms with Gasteiger partial charge in [-0.25, -0.2) is 0 Å². The third-order valence-corrected chi connectivity index (χ3v) is 9.65. The van der Waals surface area contributed by atoms with Crippen LogP contribution >= 0.6 is 0 Å². The zero-order valence-electron chi connectivity index (χ0n) is 19.1. The SMILES string of the molecule is CCCCC[C@@]12C[C@@H]3[C@H](CC[C@]4(C)C(=O)CC[C@@H]34)[C@@](C)(CC(=O)OC)[C@@H]1CC(=O)O2. The van der Waals surface area contributed by atoms with E-state index >= 15 is 0 Å². The van der Waals surface area contributed by atoms with E-state index in [1.807, 2.05) is 0 Å². The summed E-state index contributed by atoms with van der Waals surface area (Å²) in [6.07, 6.45) is 9.21. The molecule has 4 rings (SSSR count). The van der Waals surface area contributed by atoms with Crippen molar-refractivity contribution >= 4 is 17.7 Å². The van der Waals surface area contributed by atoms with Gasteiger partial charge in [0.15, 0.2) is 0 Å². The lowest BCUT2D eigenvalue weighted by Gasteiger charge is -2.61. The number of hydrogen-bond acceptors (Lipinski definition) is 5. The van der Waals surface area contributed by atoms with Crippen LogP contribution in [0.1, 0.15) is 91.4 Å². The summed E-state index contributed by atoms with van der Waals surface area (Å²) >= 11 is 0. The minimum absolute atomic E-state index is 0.0520. The minimum Gasteiger partial charge on any atom is -0.469 e. The second kappa shape index (κ2) is 7.63. The molecule has 0 amide bonds. The van der Waals surface area contributed by atoms with Crippen LogP contribution in [0.15, 0.2) is 0 Å². The van der Waals surface area contributed by atoms with E-state index in [0.717, 1.165) is 51.4 Å². The van der Waals surface area contributed by atoms with Crippen LogP contribution in [-0.2, 0) is 23.9 Å². The molecule has 1 saturated heterocycles. The standard InChI is InChI=1S/C25H38O5/c1-5-6-7-11-25-14-16-17-8-9-20(26)23(17,2)12-10-18(16)24(3,15-22(28)29-4)19(25)13-21(27)30-25/h16-19H,5-15H2,1-4H3/t16-,17-,18-,19-,23-,24+,25+/m0/s1. The average Bonchev–Trinajstić information content (AvgIpc) is 3.19. The maximum Gasteiger partial charge on any atom is 0.306 e. The van der Waals surface area contributed by atoms with Gasteiger partial charge in [0.1, 0.15) is 11.4 Å². The fraction of sp³-hybridized carbons (Fsp3) is 0.880. The van der Waals surface area contributed by atoms with Crippen molar-refractivity contribution in [2.45, 2.75) is 97.0 Å². The summed E-state index contributed by atoms with van der Waals surface area (Å²) in [5.74, 6) is 1.15. The van der Waals surface area contributed by atoms with E-state index in [1.165, 1.54) is 7.11 Å². The van der Waals surface area contributed by atoms with Gasteiger partial charge in [0, 0.05) is 17.8 Å². The number of esters is 2. The lowest BCUT2D eigenvalue weighted by molar-refractivity contribution is -0.190. The number of carbonyl (C=O) groups is 3. The topological polar surface area (TPSA) is 69.7 Å². The second-order valence-electron chi connectivity index (χ2n) is 11.0. The number of ether oxygens (including phenoxy) is 2. The quantitative estimate of drug-likeness (QED) is 0.455. The van der Waals surface area contributed by atoms with Crippen LogP contribution in [0.5, 0.6) is 0 Å². The number of rotatable bonds is 6. The maximum absolute atomic E-state index is 12.8. The Labute approximate surface area is 180 Å². The van der Waals surface area contributed by atoms with Crippen molar-refractivity contribution in [2.75, 3.05) is 7.11 Å². The molecule has 1 heterocycles. The van der Waals surface area contributed by atoms with Crippen molar-refractivity contribution in [1.29, 1.82) is 0 Å². The maximum atomic E-state index is 12.8. The van der Waals surface area contributed by atoms with Gasteiger partial charge in [-0.2, -0.15) is 0 Å². The molecule has 0 aromatic heterocycles. The van der Waals surface area contributed by atoms with Crippen LogP contribution in [0, 0.1) is 34.5 Å². The zero-order valence-corrected chi connectivity index (χ0v) is 19.1. The van der Waals surface area contributed by atoms with Gasteiger partial charge in [0.05, 0.1) is 20.0 Å². The molecular weight excluding hydrogens is 380 g/mol. The van der Waals surface area contributed by atoms with E-state index in [9.17, 15) is 14.4 Å². The predicted molar refractivity (Wildman–Crippen MR) is 112 cm³/mol. The summed E-state index contributed by atoms with van der Waals surface area (Å²) in [7, 11) is 1.45. The molecular formula is C25H38O5. The Morgan fingerprint density at radius 3 is 2.63 bits per heavy atom. The number of carbonyl (C=O) groups excluding carboxylic acids is 3. The Morgan fingerprint density at radius 1 is 1.17 bits per heavy atom. The number of hydrogen-bond donors (Lipinski definition) is 0. The van der Waals surface area contributed by atoms with Gasteiger partial charge in [-0.15, -0.1) is 0 Å². The predicted octanol–water partition coefficient (Wildman–Crippen LogP) is 4.85. The largest absolute Gasteiger partial charge is 0.469 e. The van der Waals surface area contributed by atoms with Gasteiger partial charge in [-0.1, -0.05) is 33.6 Å². The monoisotopic (exact) mass is 418 g/mol. The highest BCUT2D eigenvalue weighted by molar-refractivity contribution is 5.87. The van der Waals surface area contributed by atoms with Crippen LogP contribution in [-0.4, -0.2) is 30.4 Å². The van der Waals surface area contributed by atoms with Gasteiger partial charge < -0.3 is 9.47 Å². The highest BCUT2D eigenvalue weighted by Crippen LogP contribution is 2.68. The van der Waals surface area contributed by atoms with E-state index < -0.39 is 5.60 Å². The first-order valence-corrected chi connectivity index (χ1v) is 12.0. The lowest BCUT2D eigenvalue weighted by atomic mass is 9.43. The molecule has 4 aliphatic rings. The summed E-state index contributed by atoms with van der Waals surface area (Å²) in [5.41, 5.74) is -1.06. The minimum atomic E-state index is -0.486. The molecule has 5 heteroatoms. The summed E-state index contributed by atoms with van der Waals surface area (Å²) in [5, 5.41) is 0. The molecule has 1 aliphatic heterocycles. The molecule has 0 spiro atoms. The fourth-order valence-electron chi connectivity index (χ4n) is 8.17. The van der Waals surface area contributed by atoms with E-state index in [1.54, 1.807) is 0 Å². The number of fused-ring (bicyclic) bond motifs is 4. The van der Waals surface area contributed by atoms with Gasteiger partial charge in [-0.05, 0) is 61.7 Å². The molecule has 0 bridgehead atoms.